The molecule has 0 bridgehead atoms. The predicted octanol–water partition coefficient (Wildman–Crippen LogP) is 5.68. The second-order valence-corrected chi connectivity index (χ2v) is 9.80. The molecule has 5 rings (SSSR count). The summed E-state index contributed by atoms with van der Waals surface area (Å²) in [5.74, 6) is 2.46. The number of hydrogen-bond donors (Lipinski definition) is 0. The van der Waals surface area contributed by atoms with Crippen molar-refractivity contribution in [3.63, 3.8) is 0 Å². The van der Waals surface area contributed by atoms with Gasteiger partial charge in [-0.05, 0) is 92.5 Å². The van der Waals surface area contributed by atoms with Crippen LogP contribution in [0.15, 0.2) is 48.5 Å². The highest BCUT2D eigenvalue weighted by atomic mass is 16.6. The number of hydrogen-bond acceptors (Lipinski definition) is 4. The zero-order chi connectivity index (χ0) is 21.5. The Morgan fingerprint density at radius 1 is 0.935 bits per heavy atom. The van der Waals surface area contributed by atoms with Crippen LogP contribution in [0.1, 0.15) is 55.7 Å². The lowest BCUT2D eigenvalue weighted by molar-refractivity contribution is 0.201. The van der Waals surface area contributed by atoms with Gasteiger partial charge in [0.1, 0.15) is 35.9 Å². The summed E-state index contributed by atoms with van der Waals surface area (Å²) < 4.78 is 22.6. The summed E-state index contributed by atoms with van der Waals surface area (Å²) in [6.45, 7) is 9.13. The number of rotatable bonds is 8. The molecule has 2 heterocycles. The molecule has 2 aromatic carbocycles. The smallest absolute Gasteiger partial charge is 0.123 e. The van der Waals surface area contributed by atoms with Gasteiger partial charge in [0.05, 0.1) is 13.2 Å². The van der Waals surface area contributed by atoms with Crippen molar-refractivity contribution in [3.05, 3.63) is 65.2 Å². The Morgan fingerprint density at radius 2 is 1.61 bits per heavy atom. The summed E-state index contributed by atoms with van der Waals surface area (Å²) in [6.07, 6.45) is 5.77. The zero-order valence-electron chi connectivity index (χ0n) is 18.8. The van der Waals surface area contributed by atoms with E-state index in [0.717, 1.165) is 37.6 Å². The van der Waals surface area contributed by atoms with Gasteiger partial charge in [-0.15, -0.1) is 0 Å². The maximum absolute atomic E-state index is 5.97. The zero-order valence-corrected chi connectivity index (χ0v) is 18.8. The van der Waals surface area contributed by atoms with Gasteiger partial charge in [0, 0.05) is 0 Å². The Labute approximate surface area is 185 Å². The lowest BCUT2D eigenvalue weighted by Crippen LogP contribution is -2.17. The minimum atomic E-state index is -0.0832. The molecule has 0 radical (unpaired) electrons. The van der Waals surface area contributed by atoms with Gasteiger partial charge in [0.15, 0.2) is 0 Å². The fourth-order valence-electron chi connectivity index (χ4n) is 4.13. The maximum atomic E-state index is 5.97. The first-order chi connectivity index (χ1) is 14.9. The fourth-order valence-corrected chi connectivity index (χ4v) is 4.13. The van der Waals surface area contributed by atoms with E-state index in [1.165, 1.54) is 28.7 Å². The average Bonchev–Trinajstić information content (AvgIpc) is 3.71. The third-order valence-corrected chi connectivity index (χ3v) is 6.66. The van der Waals surface area contributed by atoms with E-state index in [-0.39, 0.29) is 11.2 Å². The van der Waals surface area contributed by atoms with Gasteiger partial charge < -0.3 is 18.9 Å². The van der Waals surface area contributed by atoms with Crippen LogP contribution < -0.4 is 9.47 Å². The van der Waals surface area contributed by atoms with E-state index in [2.05, 4.69) is 69.3 Å². The highest BCUT2D eigenvalue weighted by Crippen LogP contribution is 2.38. The Balaban J connectivity index is 1.18. The van der Waals surface area contributed by atoms with Gasteiger partial charge in [-0.2, -0.15) is 0 Å². The van der Waals surface area contributed by atoms with Crippen molar-refractivity contribution in [2.24, 2.45) is 0 Å². The van der Waals surface area contributed by atoms with Crippen molar-refractivity contribution in [2.45, 2.75) is 57.2 Å². The first-order valence-corrected chi connectivity index (χ1v) is 11.4. The van der Waals surface area contributed by atoms with Gasteiger partial charge in [-0.3, -0.25) is 0 Å². The number of ether oxygens (including phenoxy) is 4. The standard InChI is InChI=1S/C27H32O4/c1-19-14-23(10-13-25(19)29-16-27(3)18-31-27)22-6-4-20(5-7-22)21-8-11-24(12-9-21)28-15-26(2)17-30-26/h6,8-14,20H,4-5,7,15-18H2,1-3H3. The monoisotopic (exact) mass is 420 g/mol. The first kappa shape index (κ1) is 20.6. The molecule has 2 saturated heterocycles. The highest BCUT2D eigenvalue weighted by molar-refractivity contribution is 5.68. The second-order valence-electron chi connectivity index (χ2n) is 9.80. The minimum absolute atomic E-state index is 0.0737. The van der Waals surface area contributed by atoms with Gasteiger partial charge in [-0.25, -0.2) is 0 Å². The van der Waals surface area contributed by atoms with Crippen molar-refractivity contribution in [1.82, 2.24) is 0 Å². The third kappa shape index (κ3) is 4.97. The Kier molecular flexibility index (Phi) is 5.31. The molecule has 2 fully saturated rings. The molecule has 2 aromatic rings. The Bertz CT molecular complexity index is 967. The molecular weight excluding hydrogens is 388 g/mol. The second kappa shape index (κ2) is 7.99. The van der Waals surface area contributed by atoms with Crippen molar-refractivity contribution >= 4 is 5.57 Å². The van der Waals surface area contributed by atoms with Crippen LogP contribution in [0.5, 0.6) is 11.5 Å². The average molecular weight is 421 g/mol. The van der Waals surface area contributed by atoms with Gasteiger partial charge in [-0.1, -0.05) is 24.3 Å². The van der Waals surface area contributed by atoms with Crippen LogP contribution in [0.3, 0.4) is 0 Å². The third-order valence-electron chi connectivity index (χ3n) is 6.66. The lowest BCUT2D eigenvalue weighted by Gasteiger charge is -2.23. The van der Waals surface area contributed by atoms with Crippen LogP contribution in [0.25, 0.3) is 5.57 Å². The molecule has 3 unspecified atom stereocenters. The Morgan fingerprint density at radius 3 is 2.19 bits per heavy atom. The van der Waals surface area contributed by atoms with Crippen LogP contribution in [0, 0.1) is 6.92 Å². The summed E-state index contributed by atoms with van der Waals surface area (Å²) >= 11 is 0. The summed E-state index contributed by atoms with van der Waals surface area (Å²) in [7, 11) is 0. The molecule has 31 heavy (non-hydrogen) atoms. The topological polar surface area (TPSA) is 43.5 Å². The van der Waals surface area contributed by atoms with Crippen molar-refractivity contribution in [3.8, 4) is 11.5 Å². The van der Waals surface area contributed by atoms with Crippen molar-refractivity contribution < 1.29 is 18.9 Å². The van der Waals surface area contributed by atoms with E-state index in [4.69, 9.17) is 18.9 Å². The molecule has 2 aliphatic heterocycles. The molecule has 3 atom stereocenters. The fraction of sp³-hybridized carbons (Fsp3) is 0.481. The van der Waals surface area contributed by atoms with Crippen LogP contribution in [-0.2, 0) is 9.47 Å². The molecular formula is C27H32O4. The van der Waals surface area contributed by atoms with Gasteiger partial charge in [0.25, 0.3) is 0 Å². The molecule has 3 aliphatic rings. The van der Waals surface area contributed by atoms with E-state index in [1.807, 2.05) is 0 Å². The first-order valence-electron chi connectivity index (χ1n) is 11.4. The number of allylic oxidation sites excluding steroid dienone is 2. The van der Waals surface area contributed by atoms with Crippen LogP contribution in [-0.4, -0.2) is 37.6 Å². The summed E-state index contributed by atoms with van der Waals surface area (Å²) in [6, 6.07) is 15.2. The van der Waals surface area contributed by atoms with E-state index < -0.39 is 0 Å². The van der Waals surface area contributed by atoms with Crippen LogP contribution >= 0.6 is 0 Å². The number of epoxide rings is 2. The molecule has 164 valence electrons. The molecule has 0 amide bonds. The van der Waals surface area contributed by atoms with E-state index >= 15 is 0 Å². The lowest BCUT2D eigenvalue weighted by atomic mass is 9.82. The normalized spacial score (nSPS) is 29.3. The number of benzene rings is 2. The molecule has 0 saturated carbocycles. The van der Waals surface area contributed by atoms with E-state index in [9.17, 15) is 0 Å². The van der Waals surface area contributed by atoms with Crippen molar-refractivity contribution in [2.75, 3.05) is 26.4 Å². The molecule has 0 spiro atoms. The SMILES string of the molecule is Cc1cc(C2=CCC(c3ccc(OCC4(C)CO4)cc3)CC2)ccc1OCC1(C)CO1. The summed E-state index contributed by atoms with van der Waals surface area (Å²) in [5.41, 5.74) is 5.19. The summed E-state index contributed by atoms with van der Waals surface area (Å²) in [4.78, 5) is 0. The predicted molar refractivity (Wildman–Crippen MR) is 122 cm³/mol. The Hall–Kier alpha value is -2.30. The van der Waals surface area contributed by atoms with Crippen LogP contribution in [0.4, 0.5) is 0 Å². The number of aryl methyl sites for hydroxylation is 1. The quantitative estimate of drug-likeness (QED) is 0.515. The highest BCUT2D eigenvalue weighted by Gasteiger charge is 2.40. The van der Waals surface area contributed by atoms with Gasteiger partial charge >= 0.3 is 0 Å². The summed E-state index contributed by atoms with van der Waals surface area (Å²) in [5, 5.41) is 0. The largest absolute Gasteiger partial charge is 0.491 e. The van der Waals surface area contributed by atoms with Crippen molar-refractivity contribution in [1.29, 1.82) is 0 Å². The minimum Gasteiger partial charge on any atom is -0.491 e. The van der Waals surface area contributed by atoms with E-state index in [1.54, 1.807) is 0 Å². The molecule has 0 aromatic heterocycles. The van der Waals surface area contributed by atoms with Gasteiger partial charge in [0.2, 0.25) is 0 Å². The maximum Gasteiger partial charge on any atom is 0.123 e. The molecule has 4 nitrogen and oxygen atoms in total. The molecule has 0 N–H and O–H groups in total. The molecule has 1 aliphatic carbocycles. The van der Waals surface area contributed by atoms with Crippen LogP contribution in [0.2, 0.25) is 0 Å². The molecule has 4 heteroatoms. The van der Waals surface area contributed by atoms with E-state index in [0.29, 0.717) is 19.1 Å².